The van der Waals surface area contributed by atoms with Crippen LogP contribution in [0.25, 0.3) is 28.4 Å². The number of carbonyl (C=O) groups is 1. The lowest BCUT2D eigenvalue weighted by Gasteiger charge is -2.03. The number of esters is 1. The summed E-state index contributed by atoms with van der Waals surface area (Å²) in [5, 5.41) is 23.2. The maximum absolute atomic E-state index is 12.5. The second-order valence-corrected chi connectivity index (χ2v) is 6.44. The number of nitro groups is 1. The van der Waals surface area contributed by atoms with Gasteiger partial charge in [0.15, 0.2) is 5.69 Å². The number of benzene rings is 2. The van der Waals surface area contributed by atoms with Gasteiger partial charge in [-0.2, -0.15) is 0 Å². The molecule has 2 aromatic heterocycles. The number of hydrogen-bond acceptors (Lipinski definition) is 8. The summed E-state index contributed by atoms with van der Waals surface area (Å²) in [5.41, 5.74) is 1.47. The van der Waals surface area contributed by atoms with Gasteiger partial charge >= 0.3 is 5.97 Å². The largest absolute Gasteiger partial charge is 0.465 e. The van der Waals surface area contributed by atoms with Crippen LogP contribution in [0.15, 0.2) is 59.3 Å². The summed E-state index contributed by atoms with van der Waals surface area (Å²) in [7, 11) is 1.24. The van der Waals surface area contributed by atoms with Gasteiger partial charge in [-0.1, -0.05) is 40.2 Å². The first kappa shape index (κ1) is 19.3. The number of nitro benzene ring substituents is 1. The molecule has 0 fully saturated rings. The molecule has 11 heteroatoms. The molecular formula is C19H12ClN5O5. The van der Waals surface area contributed by atoms with Gasteiger partial charge in [0.25, 0.3) is 5.69 Å². The van der Waals surface area contributed by atoms with Crippen molar-refractivity contribution in [1.82, 2.24) is 20.2 Å². The maximum atomic E-state index is 12.5. The molecule has 0 N–H and O–H groups in total. The molecule has 2 heterocycles. The van der Waals surface area contributed by atoms with Gasteiger partial charge in [0.1, 0.15) is 11.3 Å². The number of non-ortho nitro benzene ring substituents is 1. The second-order valence-electron chi connectivity index (χ2n) is 6.03. The fourth-order valence-corrected chi connectivity index (χ4v) is 3.04. The first-order valence-electron chi connectivity index (χ1n) is 8.50. The smallest absolute Gasteiger partial charge is 0.344 e. The van der Waals surface area contributed by atoms with Crippen molar-refractivity contribution in [2.24, 2.45) is 0 Å². The average molecular weight is 426 g/mol. The van der Waals surface area contributed by atoms with E-state index >= 15 is 0 Å². The van der Waals surface area contributed by atoms with Crippen LogP contribution in [0.4, 0.5) is 5.69 Å². The van der Waals surface area contributed by atoms with Crippen molar-refractivity contribution in [2.75, 3.05) is 7.11 Å². The molecule has 4 rings (SSSR count). The van der Waals surface area contributed by atoms with E-state index in [0.717, 1.165) is 0 Å². The monoisotopic (exact) mass is 425 g/mol. The number of carbonyl (C=O) groups excluding carboxylic acids is 1. The van der Waals surface area contributed by atoms with E-state index in [4.69, 9.17) is 20.9 Å². The van der Waals surface area contributed by atoms with Crippen molar-refractivity contribution in [3.63, 3.8) is 0 Å². The van der Waals surface area contributed by atoms with E-state index in [-0.39, 0.29) is 28.4 Å². The predicted octanol–water partition coefficient (Wildman–Crippen LogP) is 3.94. The van der Waals surface area contributed by atoms with Crippen molar-refractivity contribution in [1.29, 1.82) is 0 Å². The molecule has 0 aliphatic rings. The van der Waals surface area contributed by atoms with E-state index in [1.807, 2.05) is 0 Å². The van der Waals surface area contributed by atoms with Gasteiger partial charge in [0, 0.05) is 17.7 Å². The Hall–Kier alpha value is -4.05. The molecule has 0 unspecified atom stereocenters. The zero-order valence-corrected chi connectivity index (χ0v) is 16.1. The first-order chi connectivity index (χ1) is 14.5. The Morgan fingerprint density at radius 2 is 1.93 bits per heavy atom. The van der Waals surface area contributed by atoms with Gasteiger partial charge in [-0.3, -0.25) is 10.1 Å². The third-order valence-corrected chi connectivity index (χ3v) is 4.59. The fraction of sp³-hybridized carbons (Fsp3) is 0.0526. The zero-order valence-electron chi connectivity index (χ0n) is 15.4. The minimum absolute atomic E-state index is 0.0494. The topological polar surface area (TPSA) is 126 Å². The Morgan fingerprint density at radius 1 is 1.20 bits per heavy atom. The van der Waals surface area contributed by atoms with Crippen molar-refractivity contribution >= 4 is 23.3 Å². The van der Waals surface area contributed by atoms with E-state index in [1.54, 1.807) is 24.3 Å². The quantitative estimate of drug-likeness (QED) is 0.267. The average Bonchev–Trinajstić information content (AvgIpc) is 3.41. The predicted molar refractivity (Wildman–Crippen MR) is 105 cm³/mol. The summed E-state index contributed by atoms with van der Waals surface area (Å²) in [6, 6.07) is 12.6. The van der Waals surface area contributed by atoms with Gasteiger partial charge in [-0.15, -0.1) is 5.10 Å². The molecule has 30 heavy (non-hydrogen) atoms. The van der Waals surface area contributed by atoms with E-state index in [1.165, 1.54) is 42.3 Å². The van der Waals surface area contributed by atoms with Crippen molar-refractivity contribution in [2.45, 2.75) is 0 Å². The molecule has 10 nitrogen and oxygen atoms in total. The van der Waals surface area contributed by atoms with Crippen LogP contribution in [-0.4, -0.2) is 38.2 Å². The Bertz CT molecular complexity index is 1250. The molecule has 150 valence electrons. The summed E-state index contributed by atoms with van der Waals surface area (Å²) >= 11 is 6.24. The maximum Gasteiger partial charge on any atom is 0.344 e. The SMILES string of the molecule is COC(=O)c1c(-c2ccccc2Cl)noc1-c1cn(-c2ccc([N+](=O)[O-])cc2)nn1. The number of rotatable bonds is 5. The van der Waals surface area contributed by atoms with Crippen LogP contribution >= 0.6 is 11.6 Å². The van der Waals surface area contributed by atoms with Crippen LogP contribution in [0.5, 0.6) is 0 Å². The van der Waals surface area contributed by atoms with E-state index in [0.29, 0.717) is 16.3 Å². The number of halogens is 1. The molecule has 0 radical (unpaired) electrons. The molecule has 0 saturated heterocycles. The van der Waals surface area contributed by atoms with Gasteiger partial charge in [0.2, 0.25) is 5.76 Å². The highest BCUT2D eigenvalue weighted by atomic mass is 35.5. The standard InChI is InChI=1S/C19H12ClN5O5/c1-29-19(26)16-17(13-4-2-3-5-14(13)20)22-30-18(16)15-10-24(23-21-15)11-6-8-12(9-7-11)25(27)28/h2-10H,1H3. The van der Waals surface area contributed by atoms with Crippen molar-refractivity contribution in [3.05, 3.63) is 75.4 Å². The lowest BCUT2D eigenvalue weighted by Crippen LogP contribution is -2.04. The van der Waals surface area contributed by atoms with E-state index in [2.05, 4.69) is 15.5 Å². The lowest BCUT2D eigenvalue weighted by atomic mass is 10.0. The van der Waals surface area contributed by atoms with Gasteiger partial charge in [-0.05, 0) is 18.2 Å². The molecule has 0 atom stereocenters. The molecular weight excluding hydrogens is 414 g/mol. The fourth-order valence-electron chi connectivity index (χ4n) is 2.81. The normalized spacial score (nSPS) is 10.7. The van der Waals surface area contributed by atoms with Gasteiger partial charge in [0.05, 0.1) is 28.9 Å². The summed E-state index contributed by atoms with van der Waals surface area (Å²) in [5.74, 6) is -0.615. The molecule has 0 amide bonds. The number of aromatic nitrogens is 4. The van der Waals surface area contributed by atoms with Crippen molar-refractivity contribution < 1.29 is 19.0 Å². The minimum Gasteiger partial charge on any atom is -0.465 e. The molecule has 0 aliphatic heterocycles. The third-order valence-electron chi connectivity index (χ3n) is 4.26. The summed E-state index contributed by atoms with van der Waals surface area (Å²) in [4.78, 5) is 22.8. The molecule has 0 bridgehead atoms. The Labute approximate surface area is 173 Å². The highest BCUT2D eigenvalue weighted by Gasteiger charge is 2.28. The summed E-state index contributed by atoms with van der Waals surface area (Å²) in [6.45, 7) is 0. The molecule has 4 aromatic rings. The van der Waals surface area contributed by atoms with E-state index in [9.17, 15) is 14.9 Å². The van der Waals surface area contributed by atoms with Crippen LogP contribution in [0.1, 0.15) is 10.4 Å². The molecule has 0 saturated carbocycles. The summed E-state index contributed by atoms with van der Waals surface area (Å²) < 4.78 is 11.7. The van der Waals surface area contributed by atoms with Crippen molar-refractivity contribution in [3.8, 4) is 28.4 Å². The van der Waals surface area contributed by atoms with Crippen LogP contribution in [0.2, 0.25) is 5.02 Å². The molecule has 0 spiro atoms. The number of ether oxygens (including phenoxy) is 1. The van der Waals surface area contributed by atoms with Crippen LogP contribution in [0.3, 0.4) is 0 Å². The Morgan fingerprint density at radius 3 is 2.60 bits per heavy atom. The second kappa shape index (κ2) is 7.76. The number of nitrogens with zero attached hydrogens (tertiary/aromatic N) is 5. The highest BCUT2D eigenvalue weighted by molar-refractivity contribution is 6.33. The first-order valence-corrected chi connectivity index (χ1v) is 8.88. The zero-order chi connectivity index (χ0) is 21.3. The van der Waals surface area contributed by atoms with Crippen LogP contribution < -0.4 is 0 Å². The van der Waals surface area contributed by atoms with Crippen LogP contribution in [0, 0.1) is 10.1 Å². The Balaban J connectivity index is 1.77. The van der Waals surface area contributed by atoms with Gasteiger partial charge < -0.3 is 9.26 Å². The van der Waals surface area contributed by atoms with Crippen LogP contribution in [-0.2, 0) is 4.74 Å². The molecule has 0 aliphatic carbocycles. The molecule has 2 aromatic carbocycles. The van der Waals surface area contributed by atoms with E-state index < -0.39 is 10.9 Å². The Kier molecular flexibility index (Phi) is 4.98. The summed E-state index contributed by atoms with van der Waals surface area (Å²) in [6.07, 6.45) is 1.50. The third kappa shape index (κ3) is 3.40. The lowest BCUT2D eigenvalue weighted by molar-refractivity contribution is -0.384. The number of hydrogen-bond donors (Lipinski definition) is 0. The van der Waals surface area contributed by atoms with Gasteiger partial charge in [-0.25, -0.2) is 9.48 Å². The minimum atomic E-state index is -0.675. The highest BCUT2D eigenvalue weighted by Crippen LogP contribution is 2.35. The number of methoxy groups -OCH3 is 1.